The van der Waals surface area contributed by atoms with Crippen LogP contribution in [-0.2, 0) is 11.3 Å². The Bertz CT molecular complexity index is 505. The Morgan fingerprint density at radius 3 is 2.71 bits per heavy atom. The number of methoxy groups -OCH3 is 1. The molecule has 0 amide bonds. The molecule has 0 spiro atoms. The van der Waals surface area contributed by atoms with Crippen molar-refractivity contribution >= 4 is 15.9 Å². The van der Waals surface area contributed by atoms with Gasteiger partial charge in [-0.1, -0.05) is 15.9 Å². The number of halogens is 1. The van der Waals surface area contributed by atoms with Gasteiger partial charge in [0.1, 0.15) is 0 Å². The smallest absolute Gasteiger partial charge is 0.167 e. The monoisotopic (exact) mass is 400 g/mol. The Kier molecular flexibility index (Phi) is 8.32. The minimum Gasteiger partial charge on any atom is -0.493 e. The highest BCUT2D eigenvalue weighted by atomic mass is 79.9. The van der Waals surface area contributed by atoms with Crippen LogP contribution in [0.2, 0.25) is 0 Å². The maximum Gasteiger partial charge on any atom is 0.167 e. The first-order valence-electron chi connectivity index (χ1n) is 8.64. The van der Waals surface area contributed by atoms with Gasteiger partial charge in [-0.3, -0.25) is 4.90 Å². The van der Waals surface area contributed by atoms with Crippen molar-refractivity contribution in [2.75, 3.05) is 46.5 Å². The van der Waals surface area contributed by atoms with E-state index in [4.69, 9.17) is 14.2 Å². The molecule has 1 aliphatic heterocycles. The molecule has 24 heavy (non-hydrogen) atoms. The number of benzene rings is 1. The summed E-state index contributed by atoms with van der Waals surface area (Å²) in [6, 6.07) is 3.94. The van der Waals surface area contributed by atoms with E-state index < -0.39 is 0 Å². The topological polar surface area (TPSA) is 43.0 Å². The van der Waals surface area contributed by atoms with Gasteiger partial charge in [0.05, 0.1) is 26.4 Å². The van der Waals surface area contributed by atoms with Gasteiger partial charge in [0.2, 0.25) is 0 Å². The first kappa shape index (κ1) is 19.5. The van der Waals surface area contributed by atoms with Crippen LogP contribution in [0.25, 0.3) is 0 Å². The minimum absolute atomic E-state index is 0.105. The molecule has 0 bridgehead atoms. The predicted molar refractivity (Wildman–Crippen MR) is 100 cm³/mol. The van der Waals surface area contributed by atoms with Crippen LogP contribution in [0.15, 0.2) is 16.6 Å². The highest BCUT2D eigenvalue weighted by molar-refractivity contribution is 9.10. The van der Waals surface area contributed by atoms with Gasteiger partial charge in [0.25, 0.3) is 0 Å². The number of nitrogens with one attached hydrogen (secondary N) is 1. The van der Waals surface area contributed by atoms with Crippen LogP contribution in [-0.4, -0.2) is 57.5 Å². The Morgan fingerprint density at radius 1 is 1.29 bits per heavy atom. The van der Waals surface area contributed by atoms with E-state index in [1.165, 1.54) is 0 Å². The molecule has 1 aromatic rings. The lowest BCUT2D eigenvalue weighted by atomic mass is 10.1. The third-order valence-corrected chi connectivity index (χ3v) is 4.72. The van der Waals surface area contributed by atoms with Gasteiger partial charge in [0.15, 0.2) is 11.5 Å². The van der Waals surface area contributed by atoms with Crippen LogP contribution in [0.4, 0.5) is 0 Å². The molecule has 0 atom stereocenters. The summed E-state index contributed by atoms with van der Waals surface area (Å²) in [5.41, 5.74) is 1.11. The van der Waals surface area contributed by atoms with Gasteiger partial charge in [-0.05, 0) is 45.5 Å². The fraction of sp³-hybridized carbons (Fsp3) is 0.667. The summed E-state index contributed by atoms with van der Waals surface area (Å²) >= 11 is 3.63. The van der Waals surface area contributed by atoms with Crippen LogP contribution in [0.5, 0.6) is 11.5 Å². The molecule has 0 unspecified atom stereocenters. The third kappa shape index (κ3) is 5.92. The standard InChI is InChI=1S/C18H29BrN2O3/c1-14(2)24-18-15(16(19)5-6-17(18)22-3)13-20-7-4-8-21-9-11-23-12-10-21/h5-6,14,20H,4,7-13H2,1-3H3. The average molecular weight is 401 g/mol. The molecule has 5 nitrogen and oxygen atoms in total. The van der Waals surface area contributed by atoms with E-state index in [0.29, 0.717) is 0 Å². The lowest BCUT2D eigenvalue weighted by Gasteiger charge is -2.26. The van der Waals surface area contributed by atoms with Crippen molar-refractivity contribution in [1.82, 2.24) is 10.2 Å². The second kappa shape index (κ2) is 10.2. The quantitative estimate of drug-likeness (QED) is 0.645. The zero-order valence-electron chi connectivity index (χ0n) is 14.9. The van der Waals surface area contributed by atoms with Crippen molar-refractivity contribution in [2.45, 2.75) is 32.9 Å². The van der Waals surface area contributed by atoms with E-state index in [9.17, 15) is 0 Å². The second-order valence-corrected chi connectivity index (χ2v) is 7.06. The van der Waals surface area contributed by atoms with Crippen LogP contribution in [0, 0.1) is 0 Å². The Morgan fingerprint density at radius 2 is 2.04 bits per heavy atom. The van der Waals surface area contributed by atoms with Gasteiger partial charge in [-0.15, -0.1) is 0 Å². The molecule has 1 aromatic carbocycles. The second-order valence-electron chi connectivity index (χ2n) is 6.21. The van der Waals surface area contributed by atoms with E-state index in [1.807, 2.05) is 26.0 Å². The number of hydrogen-bond acceptors (Lipinski definition) is 5. The fourth-order valence-corrected chi connectivity index (χ4v) is 3.19. The maximum atomic E-state index is 5.98. The van der Waals surface area contributed by atoms with Gasteiger partial charge >= 0.3 is 0 Å². The summed E-state index contributed by atoms with van der Waals surface area (Å²) in [6.45, 7) is 10.7. The molecule has 0 radical (unpaired) electrons. The number of nitrogens with zero attached hydrogens (tertiary/aromatic N) is 1. The molecular formula is C18H29BrN2O3. The number of morpholine rings is 1. The van der Waals surface area contributed by atoms with Gasteiger partial charge in [-0.25, -0.2) is 0 Å². The average Bonchev–Trinajstić information content (AvgIpc) is 2.57. The molecule has 0 saturated carbocycles. The molecule has 0 aromatic heterocycles. The van der Waals surface area contributed by atoms with Crippen molar-refractivity contribution in [2.24, 2.45) is 0 Å². The summed E-state index contributed by atoms with van der Waals surface area (Å²) in [4.78, 5) is 2.46. The van der Waals surface area contributed by atoms with Gasteiger partial charge in [-0.2, -0.15) is 0 Å². The normalized spacial score (nSPS) is 15.7. The van der Waals surface area contributed by atoms with E-state index in [-0.39, 0.29) is 6.10 Å². The summed E-state index contributed by atoms with van der Waals surface area (Å²) in [5, 5.41) is 3.52. The Balaban J connectivity index is 1.86. The summed E-state index contributed by atoms with van der Waals surface area (Å²) in [7, 11) is 1.68. The highest BCUT2D eigenvalue weighted by Gasteiger charge is 2.15. The van der Waals surface area contributed by atoms with E-state index in [0.717, 1.165) is 73.9 Å². The van der Waals surface area contributed by atoms with E-state index >= 15 is 0 Å². The van der Waals surface area contributed by atoms with E-state index in [2.05, 4.69) is 26.1 Å². The van der Waals surface area contributed by atoms with Crippen LogP contribution >= 0.6 is 15.9 Å². The number of ether oxygens (including phenoxy) is 3. The zero-order chi connectivity index (χ0) is 17.4. The van der Waals surface area contributed by atoms with Crippen LogP contribution < -0.4 is 14.8 Å². The molecule has 136 valence electrons. The van der Waals surface area contributed by atoms with Crippen molar-refractivity contribution in [3.8, 4) is 11.5 Å². The first-order chi connectivity index (χ1) is 11.6. The molecule has 6 heteroatoms. The Labute approximate surface area is 153 Å². The zero-order valence-corrected chi connectivity index (χ0v) is 16.5. The van der Waals surface area contributed by atoms with E-state index in [1.54, 1.807) is 7.11 Å². The lowest BCUT2D eigenvalue weighted by Crippen LogP contribution is -2.37. The molecule has 2 rings (SSSR count). The number of rotatable bonds is 9. The molecular weight excluding hydrogens is 372 g/mol. The van der Waals surface area contributed by atoms with Crippen molar-refractivity contribution in [3.63, 3.8) is 0 Å². The SMILES string of the molecule is COc1ccc(Br)c(CNCCCN2CCOCC2)c1OC(C)C. The highest BCUT2D eigenvalue weighted by Crippen LogP contribution is 2.36. The molecule has 1 aliphatic rings. The lowest BCUT2D eigenvalue weighted by molar-refractivity contribution is 0.0374. The largest absolute Gasteiger partial charge is 0.493 e. The van der Waals surface area contributed by atoms with Crippen LogP contribution in [0.3, 0.4) is 0 Å². The predicted octanol–water partition coefficient (Wildman–Crippen LogP) is 3.06. The molecule has 1 saturated heterocycles. The first-order valence-corrected chi connectivity index (χ1v) is 9.44. The van der Waals surface area contributed by atoms with Crippen LogP contribution in [0.1, 0.15) is 25.8 Å². The van der Waals surface area contributed by atoms with Crippen molar-refractivity contribution < 1.29 is 14.2 Å². The Hall–Kier alpha value is -0.820. The summed E-state index contributed by atoms with van der Waals surface area (Å²) in [5.74, 6) is 1.60. The maximum absolute atomic E-state index is 5.98. The van der Waals surface area contributed by atoms with Gasteiger partial charge in [0, 0.05) is 29.7 Å². The summed E-state index contributed by atoms with van der Waals surface area (Å²) < 4.78 is 17.9. The van der Waals surface area contributed by atoms with Crippen molar-refractivity contribution in [1.29, 1.82) is 0 Å². The number of hydrogen-bond donors (Lipinski definition) is 1. The molecule has 0 aliphatic carbocycles. The molecule has 1 fully saturated rings. The fourth-order valence-electron chi connectivity index (χ4n) is 2.74. The van der Waals surface area contributed by atoms with Crippen molar-refractivity contribution in [3.05, 3.63) is 22.2 Å². The molecule has 1 N–H and O–H groups in total. The molecule has 1 heterocycles. The third-order valence-electron chi connectivity index (χ3n) is 3.97. The minimum atomic E-state index is 0.105. The summed E-state index contributed by atoms with van der Waals surface area (Å²) in [6.07, 6.45) is 1.23. The van der Waals surface area contributed by atoms with Gasteiger partial charge < -0.3 is 19.5 Å².